The van der Waals surface area contributed by atoms with Crippen LogP contribution in [0.25, 0.3) is 10.1 Å². The van der Waals surface area contributed by atoms with Crippen molar-refractivity contribution >= 4 is 21.4 Å². The van der Waals surface area contributed by atoms with Gasteiger partial charge in [-0.15, -0.1) is 15.7 Å². The minimum atomic E-state index is 0.784. The zero-order valence-corrected chi connectivity index (χ0v) is 7.91. The Morgan fingerprint density at radius 3 is 3.00 bits per heavy atom. The Labute approximate surface area is 80.0 Å². The number of hydrogen-bond acceptors (Lipinski definition) is 1. The molecule has 1 heterocycles. The lowest BCUT2D eigenvalue weighted by atomic mass is 10.1. The van der Waals surface area contributed by atoms with Crippen molar-refractivity contribution in [3.8, 4) is 12.1 Å². The summed E-state index contributed by atoms with van der Waals surface area (Å²) in [6.07, 6.45) is 1.44. The van der Waals surface area contributed by atoms with E-state index in [1.165, 1.54) is 11.7 Å². The maximum atomic E-state index is 11.8. The molecule has 0 fully saturated rings. The summed E-state index contributed by atoms with van der Waals surface area (Å²) in [5, 5.41) is 2.94. The molecule has 0 aliphatic carbocycles. The van der Waals surface area contributed by atoms with Gasteiger partial charge < -0.3 is 0 Å². The van der Waals surface area contributed by atoms with Crippen molar-refractivity contribution in [3.63, 3.8) is 0 Å². The van der Waals surface area contributed by atoms with Gasteiger partial charge in [0.25, 0.3) is 0 Å². The fourth-order valence-corrected chi connectivity index (χ4v) is 2.16. The van der Waals surface area contributed by atoms with Gasteiger partial charge in [0.2, 0.25) is 0 Å². The lowest BCUT2D eigenvalue weighted by Crippen LogP contribution is -1.72. The largest absolute Gasteiger partial charge is 0.144 e. The second kappa shape index (κ2) is 3.20. The maximum absolute atomic E-state index is 11.8. The Bertz CT molecular complexity index is 500. The van der Waals surface area contributed by atoms with Gasteiger partial charge >= 0.3 is 0 Å². The SMILES string of the molecule is Cc1ccc2scc(C#CF)c2c1. The Balaban J connectivity index is 2.76. The van der Waals surface area contributed by atoms with Crippen LogP contribution in [0, 0.1) is 19.0 Å². The van der Waals surface area contributed by atoms with Gasteiger partial charge in [-0.3, -0.25) is 0 Å². The molecule has 0 N–H and O–H groups in total. The van der Waals surface area contributed by atoms with Crippen molar-refractivity contribution in [2.24, 2.45) is 0 Å². The van der Waals surface area contributed by atoms with Gasteiger partial charge in [0.15, 0.2) is 0 Å². The third-order valence-electron chi connectivity index (χ3n) is 1.91. The molecule has 0 spiro atoms. The molecular weight excluding hydrogens is 183 g/mol. The second-order valence-corrected chi connectivity index (χ2v) is 3.78. The van der Waals surface area contributed by atoms with Crippen molar-refractivity contribution in [2.45, 2.75) is 6.92 Å². The Kier molecular flexibility index (Phi) is 2.03. The molecule has 0 saturated carbocycles. The maximum Gasteiger partial charge on any atom is 0.111 e. The number of aryl methyl sites for hydroxylation is 1. The minimum Gasteiger partial charge on any atom is -0.144 e. The normalized spacial score (nSPS) is 9.69. The van der Waals surface area contributed by atoms with E-state index in [-0.39, 0.29) is 0 Å². The average molecular weight is 190 g/mol. The number of rotatable bonds is 0. The molecule has 0 aliphatic rings. The van der Waals surface area contributed by atoms with E-state index in [4.69, 9.17) is 0 Å². The van der Waals surface area contributed by atoms with Crippen LogP contribution in [0.15, 0.2) is 23.6 Å². The highest BCUT2D eigenvalue weighted by Crippen LogP contribution is 2.26. The zero-order chi connectivity index (χ0) is 9.26. The third kappa shape index (κ3) is 1.43. The Morgan fingerprint density at radius 2 is 2.23 bits per heavy atom. The third-order valence-corrected chi connectivity index (χ3v) is 2.87. The smallest absolute Gasteiger partial charge is 0.111 e. The molecule has 2 aromatic rings. The molecule has 0 bridgehead atoms. The average Bonchev–Trinajstić information content (AvgIpc) is 2.49. The monoisotopic (exact) mass is 190 g/mol. The highest BCUT2D eigenvalue weighted by molar-refractivity contribution is 7.17. The van der Waals surface area contributed by atoms with E-state index in [2.05, 4.69) is 5.92 Å². The molecule has 0 nitrogen and oxygen atoms in total. The molecule has 1 aromatic carbocycles. The Morgan fingerprint density at radius 1 is 1.38 bits per heavy atom. The van der Waals surface area contributed by atoms with Crippen LogP contribution in [-0.4, -0.2) is 0 Å². The van der Waals surface area contributed by atoms with Crippen LogP contribution in [0.2, 0.25) is 0 Å². The zero-order valence-electron chi connectivity index (χ0n) is 7.10. The quantitative estimate of drug-likeness (QED) is 0.558. The molecule has 0 saturated heterocycles. The van der Waals surface area contributed by atoms with E-state index < -0.39 is 0 Å². The van der Waals surface area contributed by atoms with Gasteiger partial charge in [-0.25, -0.2) is 0 Å². The number of fused-ring (bicyclic) bond motifs is 1. The van der Waals surface area contributed by atoms with Crippen molar-refractivity contribution in [1.29, 1.82) is 0 Å². The molecule has 0 unspecified atom stereocenters. The standard InChI is InChI=1S/C11H7FS/c1-8-2-3-11-10(6-8)9(4-5-12)7-13-11/h2-3,6-7H,1H3. The van der Waals surface area contributed by atoms with Gasteiger partial charge in [-0.2, -0.15) is 0 Å². The van der Waals surface area contributed by atoms with E-state index in [1.54, 1.807) is 11.3 Å². The lowest BCUT2D eigenvalue weighted by molar-refractivity contribution is 0.774. The van der Waals surface area contributed by atoms with E-state index in [0.717, 1.165) is 15.6 Å². The van der Waals surface area contributed by atoms with Crippen molar-refractivity contribution in [3.05, 3.63) is 34.7 Å². The summed E-state index contributed by atoms with van der Waals surface area (Å²) in [5.41, 5.74) is 1.96. The van der Waals surface area contributed by atoms with Crippen molar-refractivity contribution < 1.29 is 4.39 Å². The fourth-order valence-electron chi connectivity index (χ4n) is 1.29. The molecule has 64 valence electrons. The predicted molar refractivity (Wildman–Crippen MR) is 54.5 cm³/mol. The van der Waals surface area contributed by atoms with Crippen LogP contribution >= 0.6 is 11.3 Å². The van der Waals surface area contributed by atoms with Gasteiger partial charge in [0, 0.05) is 21.0 Å². The van der Waals surface area contributed by atoms with Gasteiger partial charge in [0.05, 0.1) is 0 Å². The topological polar surface area (TPSA) is 0 Å². The lowest BCUT2D eigenvalue weighted by Gasteiger charge is -1.92. The molecule has 0 aliphatic heterocycles. The highest BCUT2D eigenvalue weighted by Gasteiger charge is 2.00. The van der Waals surface area contributed by atoms with E-state index in [9.17, 15) is 4.39 Å². The van der Waals surface area contributed by atoms with Crippen LogP contribution in [0.4, 0.5) is 4.39 Å². The van der Waals surface area contributed by atoms with Gasteiger partial charge in [-0.1, -0.05) is 11.6 Å². The number of halogens is 1. The molecule has 0 amide bonds. The minimum absolute atomic E-state index is 0.784. The Hall–Kier alpha value is -1.33. The van der Waals surface area contributed by atoms with Gasteiger partial charge in [-0.05, 0) is 25.0 Å². The van der Waals surface area contributed by atoms with E-state index in [0.29, 0.717) is 0 Å². The number of hydrogen-bond donors (Lipinski definition) is 0. The van der Waals surface area contributed by atoms with Crippen molar-refractivity contribution in [2.75, 3.05) is 0 Å². The molecule has 13 heavy (non-hydrogen) atoms. The van der Waals surface area contributed by atoms with E-state index >= 15 is 0 Å². The first-order chi connectivity index (χ1) is 6.31. The summed E-state index contributed by atoms with van der Waals surface area (Å²) in [4.78, 5) is 0. The molecule has 1 aromatic heterocycles. The summed E-state index contributed by atoms with van der Waals surface area (Å²) in [6, 6.07) is 6.12. The summed E-state index contributed by atoms with van der Waals surface area (Å²) >= 11 is 1.59. The highest BCUT2D eigenvalue weighted by atomic mass is 32.1. The van der Waals surface area contributed by atoms with Crippen LogP contribution < -0.4 is 0 Å². The van der Waals surface area contributed by atoms with Gasteiger partial charge in [0.1, 0.15) is 6.17 Å². The second-order valence-electron chi connectivity index (χ2n) is 2.87. The first-order valence-corrected chi connectivity index (χ1v) is 4.79. The number of thiophene rings is 1. The summed E-state index contributed by atoms with van der Waals surface area (Å²) in [7, 11) is 0. The van der Waals surface area contributed by atoms with Crippen LogP contribution in [0.5, 0.6) is 0 Å². The first kappa shape index (κ1) is 8.28. The van der Waals surface area contributed by atoms with Crippen molar-refractivity contribution in [1.82, 2.24) is 0 Å². The molecular formula is C11H7FS. The predicted octanol–water partition coefficient (Wildman–Crippen LogP) is 3.49. The fraction of sp³-hybridized carbons (Fsp3) is 0.0909. The number of benzene rings is 1. The first-order valence-electron chi connectivity index (χ1n) is 3.91. The molecule has 2 rings (SSSR count). The van der Waals surface area contributed by atoms with E-state index in [1.807, 2.05) is 30.5 Å². The summed E-state index contributed by atoms with van der Waals surface area (Å²) in [6.45, 7) is 2.02. The molecule has 0 atom stereocenters. The summed E-state index contributed by atoms with van der Waals surface area (Å²) in [5.74, 6) is 2.45. The van der Waals surface area contributed by atoms with Crippen LogP contribution in [0.3, 0.4) is 0 Å². The summed E-state index contributed by atoms with van der Waals surface area (Å²) < 4.78 is 13.0. The molecule has 0 radical (unpaired) electrons. The molecule has 2 heteroatoms. The van der Waals surface area contributed by atoms with Crippen LogP contribution in [0.1, 0.15) is 11.1 Å². The van der Waals surface area contributed by atoms with Crippen LogP contribution in [-0.2, 0) is 0 Å².